The van der Waals surface area contributed by atoms with E-state index in [9.17, 15) is 9.90 Å². The van der Waals surface area contributed by atoms with Crippen LogP contribution in [0.5, 0.6) is 0 Å². The Bertz CT molecular complexity index is 591. The van der Waals surface area contributed by atoms with Crippen LogP contribution in [-0.4, -0.2) is 33.1 Å². The molecule has 0 spiro atoms. The first-order valence-electron chi connectivity index (χ1n) is 7.60. The number of hydrogen-bond acceptors (Lipinski definition) is 3. The van der Waals surface area contributed by atoms with Crippen LogP contribution in [0.25, 0.3) is 11.3 Å². The number of aliphatic hydroxyl groups is 1. The van der Waals surface area contributed by atoms with E-state index in [0.29, 0.717) is 12.0 Å². The fourth-order valence-electron chi connectivity index (χ4n) is 2.36. The molecule has 0 bridgehead atoms. The number of aliphatic hydroxyl groups excluding tert-OH is 1. The lowest BCUT2D eigenvalue weighted by atomic mass is 9.97. The SMILES string of the molecule is CCC(NC(=O)c1ccc(-c2cnc[nH]2)cc1)C(O)C(C)C. The molecule has 1 aromatic heterocycles. The fourth-order valence-corrected chi connectivity index (χ4v) is 2.36. The van der Waals surface area contributed by atoms with Gasteiger partial charge in [0.15, 0.2) is 0 Å². The highest BCUT2D eigenvalue weighted by molar-refractivity contribution is 5.94. The van der Waals surface area contributed by atoms with E-state index in [-0.39, 0.29) is 17.9 Å². The van der Waals surface area contributed by atoms with Crippen LogP contribution in [-0.2, 0) is 0 Å². The Morgan fingerprint density at radius 1 is 1.32 bits per heavy atom. The van der Waals surface area contributed by atoms with E-state index in [1.165, 1.54) is 0 Å². The molecule has 0 aliphatic rings. The van der Waals surface area contributed by atoms with Crippen LogP contribution in [0.3, 0.4) is 0 Å². The van der Waals surface area contributed by atoms with Crippen molar-refractivity contribution in [2.24, 2.45) is 5.92 Å². The number of benzene rings is 1. The van der Waals surface area contributed by atoms with Crippen molar-refractivity contribution in [3.63, 3.8) is 0 Å². The number of amides is 1. The number of hydrogen-bond donors (Lipinski definition) is 3. The lowest BCUT2D eigenvalue weighted by Crippen LogP contribution is -2.45. The maximum atomic E-state index is 12.3. The van der Waals surface area contributed by atoms with Crippen LogP contribution in [0, 0.1) is 5.92 Å². The maximum Gasteiger partial charge on any atom is 0.251 e. The molecule has 1 amide bonds. The Morgan fingerprint density at radius 3 is 2.50 bits per heavy atom. The van der Waals surface area contributed by atoms with Gasteiger partial charge in [0.1, 0.15) is 0 Å². The summed E-state index contributed by atoms with van der Waals surface area (Å²) in [5.74, 6) is -0.0595. The van der Waals surface area contributed by atoms with Crippen molar-refractivity contribution < 1.29 is 9.90 Å². The molecule has 0 fully saturated rings. The molecule has 5 nitrogen and oxygen atoms in total. The molecule has 0 aliphatic carbocycles. The second-order valence-electron chi connectivity index (χ2n) is 5.77. The molecule has 1 aromatic carbocycles. The maximum absolute atomic E-state index is 12.3. The summed E-state index contributed by atoms with van der Waals surface area (Å²) in [6, 6.07) is 7.07. The van der Waals surface area contributed by atoms with Gasteiger partial charge in [-0.05, 0) is 30.0 Å². The number of nitrogens with one attached hydrogen (secondary N) is 2. The molecule has 3 N–H and O–H groups in total. The van der Waals surface area contributed by atoms with Crippen molar-refractivity contribution in [3.05, 3.63) is 42.4 Å². The van der Waals surface area contributed by atoms with Crippen LogP contribution in [0.2, 0.25) is 0 Å². The molecule has 2 aromatic rings. The molecule has 1 heterocycles. The van der Waals surface area contributed by atoms with Gasteiger partial charge in [0, 0.05) is 5.56 Å². The van der Waals surface area contributed by atoms with Gasteiger partial charge in [-0.25, -0.2) is 4.98 Å². The highest BCUT2D eigenvalue weighted by atomic mass is 16.3. The average Bonchev–Trinajstić information content (AvgIpc) is 3.06. The monoisotopic (exact) mass is 301 g/mol. The third-order valence-corrected chi connectivity index (χ3v) is 3.81. The molecule has 22 heavy (non-hydrogen) atoms. The number of imidazole rings is 1. The smallest absolute Gasteiger partial charge is 0.251 e. The number of aromatic amines is 1. The summed E-state index contributed by atoms with van der Waals surface area (Å²) >= 11 is 0. The molecule has 2 unspecified atom stereocenters. The molecule has 0 aliphatic heterocycles. The molecule has 0 radical (unpaired) electrons. The van der Waals surface area contributed by atoms with Gasteiger partial charge in [-0.15, -0.1) is 0 Å². The lowest BCUT2D eigenvalue weighted by molar-refractivity contribution is 0.0678. The quantitative estimate of drug-likeness (QED) is 0.767. The first-order chi connectivity index (χ1) is 10.5. The van der Waals surface area contributed by atoms with Gasteiger partial charge in [0.25, 0.3) is 5.91 Å². The summed E-state index contributed by atoms with van der Waals surface area (Å²) in [7, 11) is 0. The van der Waals surface area contributed by atoms with Crippen LogP contribution in [0.4, 0.5) is 0 Å². The molecular weight excluding hydrogens is 278 g/mol. The van der Waals surface area contributed by atoms with Crippen molar-refractivity contribution >= 4 is 5.91 Å². The van der Waals surface area contributed by atoms with E-state index in [0.717, 1.165) is 11.3 Å². The second kappa shape index (κ2) is 7.22. The van der Waals surface area contributed by atoms with Gasteiger partial charge in [-0.1, -0.05) is 32.9 Å². The van der Waals surface area contributed by atoms with E-state index < -0.39 is 6.10 Å². The van der Waals surface area contributed by atoms with Gasteiger partial charge in [-0.3, -0.25) is 4.79 Å². The molecule has 0 saturated heterocycles. The summed E-state index contributed by atoms with van der Waals surface area (Å²) in [6.07, 6.45) is 3.51. The highest BCUT2D eigenvalue weighted by Crippen LogP contribution is 2.17. The van der Waals surface area contributed by atoms with E-state index >= 15 is 0 Å². The Kier molecular flexibility index (Phi) is 5.33. The molecule has 2 atom stereocenters. The van der Waals surface area contributed by atoms with E-state index in [1.54, 1.807) is 24.7 Å². The number of nitrogens with zero attached hydrogens (tertiary/aromatic N) is 1. The van der Waals surface area contributed by atoms with Crippen LogP contribution in [0.15, 0.2) is 36.8 Å². The molecule has 0 saturated carbocycles. The zero-order valence-electron chi connectivity index (χ0n) is 13.2. The van der Waals surface area contributed by atoms with Crippen LogP contribution < -0.4 is 5.32 Å². The highest BCUT2D eigenvalue weighted by Gasteiger charge is 2.22. The predicted octanol–water partition coefficient (Wildman–Crippen LogP) is 2.60. The summed E-state index contributed by atoms with van der Waals surface area (Å²) in [5, 5.41) is 13.0. The Morgan fingerprint density at radius 2 is 2.00 bits per heavy atom. The van der Waals surface area contributed by atoms with Gasteiger partial charge in [-0.2, -0.15) is 0 Å². The van der Waals surface area contributed by atoms with Gasteiger partial charge in [0.05, 0.1) is 30.4 Å². The Labute approximate surface area is 130 Å². The third-order valence-electron chi connectivity index (χ3n) is 3.81. The summed E-state index contributed by atoms with van der Waals surface area (Å²) < 4.78 is 0. The number of carbonyl (C=O) groups is 1. The zero-order chi connectivity index (χ0) is 16.1. The Balaban J connectivity index is 2.06. The minimum atomic E-state index is -0.543. The first-order valence-corrected chi connectivity index (χ1v) is 7.60. The standard InChI is InChI=1S/C17H23N3O2/c1-4-14(16(21)11(2)3)20-17(22)13-7-5-12(6-8-13)15-9-18-10-19-15/h5-11,14,16,21H,4H2,1-3H3,(H,18,19)(H,20,22). The van der Waals surface area contributed by atoms with Crippen molar-refractivity contribution in [2.45, 2.75) is 39.3 Å². The number of rotatable bonds is 6. The van der Waals surface area contributed by atoms with E-state index in [4.69, 9.17) is 0 Å². The van der Waals surface area contributed by atoms with Gasteiger partial charge < -0.3 is 15.4 Å². The van der Waals surface area contributed by atoms with Crippen molar-refractivity contribution in [1.29, 1.82) is 0 Å². The third kappa shape index (κ3) is 3.74. The topological polar surface area (TPSA) is 78.0 Å². The van der Waals surface area contributed by atoms with Crippen molar-refractivity contribution in [3.8, 4) is 11.3 Å². The largest absolute Gasteiger partial charge is 0.391 e. The molecule has 5 heteroatoms. The van der Waals surface area contributed by atoms with Crippen LogP contribution in [0.1, 0.15) is 37.6 Å². The van der Waals surface area contributed by atoms with Crippen molar-refractivity contribution in [1.82, 2.24) is 15.3 Å². The number of H-pyrrole nitrogens is 1. The number of carbonyl (C=O) groups excluding carboxylic acids is 1. The summed E-state index contributed by atoms with van der Waals surface area (Å²) in [4.78, 5) is 19.3. The Hall–Kier alpha value is -2.14. The van der Waals surface area contributed by atoms with Gasteiger partial charge in [0.2, 0.25) is 0 Å². The zero-order valence-corrected chi connectivity index (χ0v) is 13.2. The summed E-state index contributed by atoms with van der Waals surface area (Å²) in [6.45, 7) is 5.84. The molecule has 2 rings (SSSR count). The minimum Gasteiger partial charge on any atom is -0.391 e. The molecule has 118 valence electrons. The number of aromatic nitrogens is 2. The van der Waals surface area contributed by atoms with Crippen LogP contribution >= 0.6 is 0 Å². The normalized spacial score (nSPS) is 13.9. The van der Waals surface area contributed by atoms with Crippen molar-refractivity contribution in [2.75, 3.05) is 0 Å². The predicted molar refractivity (Wildman–Crippen MR) is 86.4 cm³/mol. The lowest BCUT2D eigenvalue weighted by Gasteiger charge is -2.25. The van der Waals surface area contributed by atoms with E-state index in [1.807, 2.05) is 32.9 Å². The fraction of sp³-hybridized carbons (Fsp3) is 0.412. The minimum absolute atomic E-state index is 0.105. The molecular formula is C17H23N3O2. The van der Waals surface area contributed by atoms with E-state index in [2.05, 4.69) is 15.3 Å². The first kappa shape index (κ1) is 16.2. The summed E-state index contributed by atoms with van der Waals surface area (Å²) in [5.41, 5.74) is 2.47. The average molecular weight is 301 g/mol. The second-order valence-corrected chi connectivity index (χ2v) is 5.77. The van der Waals surface area contributed by atoms with Gasteiger partial charge >= 0.3 is 0 Å².